The molecule has 3 aromatic heterocycles. The largest absolute Gasteiger partial charge is 0.307 e. The lowest BCUT2D eigenvalue weighted by Crippen LogP contribution is -2.34. The van der Waals surface area contributed by atoms with Gasteiger partial charge in [-0.25, -0.2) is 4.98 Å². The molecule has 0 spiro atoms. The number of amides is 1. The van der Waals surface area contributed by atoms with Crippen molar-refractivity contribution in [2.24, 2.45) is 0 Å². The highest BCUT2D eigenvalue weighted by Crippen LogP contribution is 2.26. The molecular formula is C18H18N4OS. The number of carbonyl (C=O) groups is 1. The van der Waals surface area contributed by atoms with E-state index in [1.54, 1.807) is 23.6 Å². The quantitative estimate of drug-likeness (QED) is 0.673. The summed E-state index contributed by atoms with van der Waals surface area (Å²) < 4.78 is 2.05. The van der Waals surface area contributed by atoms with Gasteiger partial charge in [-0.1, -0.05) is 0 Å². The predicted molar refractivity (Wildman–Crippen MR) is 96.5 cm³/mol. The number of nitrogens with zero attached hydrogens (tertiary/aromatic N) is 4. The first kappa shape index (κ1) is 15.1. The fourth-order valence-corrected chi connectivity index (χ4v) is 4.02. The molecule has 1 amide bonds. The molecule has 4 rings (SSSR count). The van der Waals surface area contributed by atoms with Gasteiger partial charge in [-0.2, -0.15) is 0 Å². The molecule has 0 atom stereocenters. The summed E-state index contributed by atoms with van der Waals surface area (Å²) in [5.41, 5.74) is 3.83. The number of aryl methyl sites for hydroxylation is 3. The zero-order valence-corrected chi connectivity index (χ0v) is 14.5. The maximum atomic E-state index is 12.7. The number of thiazole rings is 1. The van der Waals surface area contributed by atoms with E-state index in [1.807, 2.05) is 34.4 Å². The van der Waals surface area contributed by atoms with Gasteiger partial charge >= 0.3 is 0 Å². The van der Waals surface area contributed by atoms with Crippen LogP contribution in [0.25, 0.3) is 11.0 Å². The lowest BCUT2D eigenvalue weighted by atomic mass is 10.1. The molecule has 5 nitrogen and oxygen atoms in total. The lowest BCUT2D eigenvalue weighted by molar-refractivity contribution is -0.114. The normalized spacial score (nSPS) is 14.5. The molecule has 1 aliphatic rings. The Hall–Kier alpha value is -2.47. The number of pyridine rings is 1. The van der Waals surface area contributed by atoms with Gasteiger partial charge in [-0.3, -0.25) is 14.2 Å². The van der Waals surface area contributed by atoms with E-state index in [9.17, 15) is 4.79 Å². The second-order valence-electron chi connectivity index (χ2n) is 5.97. The van der Waals surface area contributed by atoms with Crippen LogP contribution in [-0.4, -0.2) is 26.8 Å². The fraction of sp³-hybridized carbons (Fsp3) is 0.278. The summed E-state index contributed by atoms with van der Waals surface area (Å²) in [6.45, 7) is 4.77. The summed E-state index contributed by atoms with van der Waals surface area (Å²) in [6, 6.07) is 3.85. The van der Waals surface area contributed by atoms with Crippen molar-refractivity contribution in [2.45, 2.75) is 26.7 Å². The van der Waals surface area contributed by atoms with Crippen molar-refractivity contribution in [3.63, 3.8) is 0 Å². The summed E-state index contributed by atoms with van der Waals surface area (Å²) in [5, 5.41) is 0. The highest BCUT2D eigenvalue weighted by molar-refractivity contribution is 7.17. The standard InChI is InChI=1S/C18H18N4OS/c1-12-11-22-15(13(2)20-18(22)24-12)7-8-17(23)21-10-4-5-14-16(21)6-3-9-19-14/h3,6-9,11H,4-5,10H2,1-2H3/b8-7-. The van der Waals surface area contributed by atoms with Crippen molar-refractivity contribution in [3.05, 3.63) is 52.6 Å². The third-order valence-corrected chi connectivity index (χ3v) is 5.16. The summed E-state index contributed by atoms with van der Waals surface area (Å²) in [4.78, 5) is 25.6. The van der Waals surface area contributed by atoms with Gasteiger partial charge in [0.1, 0.15) is 0 Å². The van der Waals surface area contributed by atoms with Gasteiger partial charge in [-0.05, 0) is 44.9 Å². The van der Waals surface area contributed by atoms with Gasteiger partial charge in [0.25, 0.3) is 5.91 Å². The number of imidazole rings is 1. The number of aromatic nitrogens is 3. The molecule has 0 saturated heterocycles. The number of hydrogen-bond donors (Lipinski definition) is 0. The smallest absolute Gasteiger partial charge is 0.251 e. The van der Waals surface area contributed by atoms with Crippen molar-refractivity contribution in [1.82, 2.24) is 14.4 Å². The van der Waals surface area contributed by atoms with E-state index in [1.165, 1.54) is 4.88 Å². The number of fused-ring (bicyclic) bond motifs is 2. The molecule has 0 aliphatic carbocycles. The van der Waals surface area contributed by atoms with E-state index < -0.39 is 0 Å². The molecule has 3 aromatic rings. The van der Waals surface area contributed by atoms with Crippen molar-refractivity contribution in [2.75, 3.05) is 11.4 Å². The zero-order chi connectivity index (χ0) is 16.7. The average Bonchev–Trinajstić information content (AvgIpc) is 3.07. The topological polar surface area (TPSA) is 50.5 Å². The van der Waals surface area contributed by atoms with E-state index in [2.05, 4.69) is 23.1 Å². The molecule has 4 heterocycles. The van der Waals surface area contributed by atoms with Gasteiger partial charge in [0.2, 0.25) is 0 Å². The van der Waals surface area contributed by atoms with E-state index in [0.29, 0.717) is 0 Å². The summed E-state index contributed by atoms with van der Waals surface area (Å²) >= 11 is 1.65. The Morgan fingerprint density at radius 1 is 1.38 bits per heavy atom. The third kappa shape index (κ3) is 2.53. The average molecular weight is 338 g/mol. The van der Waals surface area contributed by atoms with E-state index in [4.69, 9.17) is 0 Å². The van der Waals surface area contributed by atoms with E-state index >= 15 is 0 Å². The minimum atomic E-state index is -0.00903. The molecular weight excluding hydrogens is 320 g/mol. The summed E-state index contributed by atoms with van der Waals surface area (Å²) in [7, 11) is 0. The molecule has 0 radical (unpaired) electrons. The molecule has 0 N–H and O–H groups in total. The Kier molecular flexibility index (Phi) is 3.69. The Balaban J connectivity index is 1.64. The van der Waals surface area contributed by atoms with E-state index in [0.717, 1.165) is 47.1 Å². The van der Waals surface area contributed by atoms with Crippen molar-refractivity contribution in [1.29, 1.82) is 0 Å². The van der Waals surface area contributed by atoms with Crippen LogP contribution in [0.2, 0.25) is 0 Å². The highest BCUT2D eigenvalue weighted by atomic mass is 32.1. The first-order chi connectivity index (χ1) is 11.6. The monoisotopic (exact) mass is 338 g/mol. The van der Waals surface area contributed by atoms with Crippen molar-refractivity contribution in [3.8, 4) is 0 Å². The first-order valence-electron chi connectivity index (χ1n) is 8.02. The van der Waals surface area contributed by atoms with Crippen molar-refractivity contribution >= 4 is 34.0 Å². The number of hydrogen-bond acceptors (Lipinski definition) is 4. The van der Waals surface area contributed by atoms with Gasteiger partial charge in [-0.15, -0.1) is 11.3 Å². The van der Waals surface area contributed by atoms with Crippen LogP contribution in [0.3, 0.4) is 0 Å². The maximum absolute atomic E-state index is 12.7. The zero-order valence-electron chi connectivity index (χ0n) is 13.7. The second-order valence-corrected chi connectivity index (χ2v) is 7.19. The second kappa shape index (κ2) is 5.87. The maximum Gasteiger partial charge on any atom is 0.251 e. The van der Waals surface area contributed by atoms with E-state index in [-0.39, 0.29) is 5.91 Å². The van der Waals surface area contributed by atoms with Crippen LogP contribution in [0.1, 0.15) is 28.4 Å². The van der Waals surface area contributed by atoms with Crippen molar-refractivity contribution < 1.29 is 4.79 Å². The minimum absolute atomic E-state index is 0.00903. The SMILES string of the molecule is Cc1cn2c(/C=C\C(=O)N3CCCc4ncccc43)c(C)nc2s1. The Bertz CT molecular complexity index is 953. The van der Waals surface area contributed by atoms with Crippen LogP contribution in [0.4, 0.5) is 5.69 Å². The molecule has 0 bridgehead atoms. The molecule has 6 heteroatoms. The van der Waals surface area contributed by atoms with Gasteiger partial charge in [0, 0.05) is 29.9 Å². The third-order valence-electron chi connectivity index (χ3n) is 4.26. The summed E-state index contributed by atoms with van der Waals surface area (Å²) in [5.74, 6) is -0.00903. The van der Waals surface area contributed by atoms with Crippen LogP contribution >= 0.6 is 11.3 Å². The lowest BCUT2D eigenvalue weighted by Gasteiger charge is -2.27. The molecule has 0 aromatic carbocycles. The number of anilines is 1. The number of rotatable bonds is 2. The minimum Gasteiger partial charge on any atom is -0.307 e. The Labute approximate surface area is 144 Å². The van der Waals surface area contributed by atoms with Crippen LogP contribution in [0.5, 0.6) is 0 Å². The Morgan fingerprint density at radius 2 is 2.25 bits per heavy atom. The van der Waals surface area contributed by atoms with Gasteiger partial charge in [0.05, 0.1) is 22.8 Å². The molecule has 0 unspecified atom stereocenters. The van der Waals surface area contributed by atoms with Gasteiger partial charge < -0.3 is 4.90 Å². The summed E-state index contributed by atoms with van der Waals surface area (Å²) in [6.07, 6.45) is 9.24. The Morgan fingerprint density at radius 3 is 3.12 bits per heavy atom. The number of carbonyl (C=O) groups excluding carboxylic acids is 1. The van der Waals surface area contributed by atoms with Crippen LogP contribution in [0.15, 0.2) is 30.6 Å². The van der Waals surface area contributed by atoms with Crippen LogP contribution in [-0.2, 0) is 11.2 Å². The highest BCUT2D eigenvalue weighted by Gasteiger charge is 2.21. The molecule has 24 heavy (non-hydrogen) atoms. The van der Waals surface area contributed by atoms with Crippen LogP contribution in [0, 0.1) is 13.8 Å². The molecule has 122 valence electrons. The predicted octanol–water partition coefficient (Wildman–Crippen LogP) is 3.40. The molecule has 1 aliphatic heterocycles. The first-order valence-corrected chi connectivity index (χ1v) is 8.83. The fourth-order valence-electron chi connectivity index (χ4n) is 3.14. The molecule has 0 saturated carbocycles. The molecule has 0 fully saturated rings. The van der Waals surface area contributed by atoms with Gasteiger partial charge in [0.15, 0.2) is 4.96 Å². The van der Waals surface area contributed by atoms with Crippen LogP contribution < -0.4 is 4.90 Å².